The van der Waals surface area contributed by atoms with Gasteiger partial charge in [-0.25, -0.2) is 4.98 Å². The first-order chi connectivity index (χ1) is 15.8. The Bertz CT molecular complexity index is 1250. The van der Waals surface area contributed by atoms with Crippen LogP contribution in [0.15, 0.2) is 29.3 Å². The predicted molar refractivity (Wildman–Crippen MR) is 119 cm³/mol. The summed E-state index contributed by atoms with van der Waals surface area (Å²) in [5.41, 5.74) is 1.10. The molecule has 2 heterocycles. The van der Waals surface area contributed by atoms with Crippen LogP contribution in [0.4, 0.5) is 0 Å². The third kappa shape index (κ3) is 5.45. The van der Waals surface area contributed by atoms with Gasteiger partial charge in [-0.05, 0) is 25.0 Å². The highest BCUT2D eigenvalue weighted by molar-refractivity contribution is 5.91. The zero-order chi connectivity index (χ0) is 24.0. The van der Waals surface area contributed by atoms with Crippen molar-refractivity contribution in [2.24, 2.45) is 0 Å². The standard InChI is InChI=1S/C23H24N4O6/c1-4-7-31-8-5-6-27-21(19(12-24)20-22(27)23(30)26-13-25-20)16-9-17(32-14(2)28)11-18(10-16)33-15(3)29/h9-11,13H,4-8H2,1-3H3,(H,25,26,30). The summed E-state index contributed by atoms with van der Waals surface area (Å²) in [5, 5.41) is 9.94. The van der Waals surface area contributed by atoms with Crippen LogP contribution in [0.2, 0.25) is 0 Å². The van der Waals surface area contributed by atoms with E-state index in [1.165, 1.54) is 26.2 Å². The summed E-state index contributed by atoms with van der Waals surface area (Å²) in [6.07, 6.45) is 2.71. The van der Waals surface area contributed by atoms with Crippen LogP contribution in [0.3, 0.4) is 0 Å². The molecule has 172 valence electrons. The molecule has 0 fully saturated rings. The molecule has 2 aromatic heterocycles. The van der Waals surface area contributed by atoms with Gasteiger partial charge in [0.15, 0.2) is 0 Å². The summed E-state index contributed by atoms with van der Waals surface area (Å²) in [7, 11) is 0. The molecule has 0 aliphatic rings. The Kier molecular flexibility index (Phi) is 7.58. The number of carbonyl (C=O) groups excluding carboxylic acids is 2. The number of esters is 2. The fraction of sp³-hybridized carbons (Fsp3) is 0.348. The molecule has 10 heteroatoms. The van der Waals surface area contributed by atoms with Crippen molar-refractivity contribution in [3.63, 3.8) is 0 Å². The largest absolute Gasteiger partial charge is 0.427 e. The Hall–Kier alpha value is -3.97. The Labute approximate surface area is 189 Å². The van der Waals surface area contributed by atoms with Crippen LogP contribution >= 0.6 is 0 Å². The number of H-pyrrole nitrogens is 1. The second-order valence-electron chi connectivity index (χ2n) is 7.26. The number of rotatable bonds is 9. The van der Waals surface area contributed by atoms with Gasteiger partial charge >= 0.3 is 11.9 Å². The zero-order valence-electron chi connectivity index (χ0n) is 18.6. The van der Waals surface area contributed by atoms with Crippen molar-refractivity contribution in [1.29, 1.82) is 5.26 Å². The first-order valence-electron chi connectivity index (χ1n) is 10.5. The number of aromatic amines is 1. The molecular formula is C23H24N4O6. The minimum absolute atomic E-state index is 0.130. The van der Waals surface area contributed by atoms with Gasteiger partial charge in [0.2, 0.25) is 0 Å². The summed E-state index contributed by atoms with van der Waals surface area (Å²) in [4.78, 5) is 42.5. The summed E-state index contributed by atoms with van der Waals surface area (Å²) < 4.78 is 17.7. The van der Waals surface area contributed by atoms with E-state index in [0.29, 0.717) is 37.4 Å². The Morgan fingerprint density at radius 3 is 2.36 bits per heavy atom. The monoisotopic (exact) mass is 452 g/mol. The number of aromatic nitrogens is 3. The quantitative estimate of drug-likeness (QED) is 0.297. The van der Waals surface area contributed by atoms with Crippen molar-refractivity contribution in [2.75, 3.05) is 13.2 Å². The normalized spacial score (nSPS) is 10.7. The van der Waals surface area contributed by atoms with E-state index in [4.69, 9.17) is 14.2 Å². The summed E-state index contributed by atoms with van der Waals surface area (Å²) >= 11 is 0. The molecule has 3 aromatic rings. The third-order valence-electron chi connectivity index (χ3n) is 4.65. The lowest BCUT2D eigenvalue weighted by Gasteiger charge is -2.13. The van der Waals surface area contributed by atoms with Crippen LogP contribution in [0.1, 0.15) is 39.2 Å². The molecule has 0 amide bonds. The van der Waals surface area contributed by atoms with Gasteiger partial charge in [-0.2, -0.15) is 5.26 Å². The van der Waals surface area contributed by atoms with Crippen molar-refractivity contribution in [3.05, 3.63) is 40.4 Å². The second kappa shape index (κ2) is 10.6. The van der Waals surface area contributed by atoms with Gasteiger partial charge in [0.05, 0.1) is 12.0 Å². The molecule has 3 rings (SSSR count). The van der Waals surface area contributed by atoms with Gasteiger partial charge in [-0.3, -0.25) is 14.4 Å². The first-order valence-corrected chi connectivity index (χ1v) is 10.5. The van der Waals surface area contributed by atoms with Crippen molar-refractivity contribution >= 4 is 23.0 Å². The molecular weight excluding hydrogens is 428 g/mol. The number of nitriles is 1. The molecule has 0 aliphatic carbocycles. The molecule has 1 N–H and O–H groups in total. The highest BCUT2D eigenvalue weighted by atomic mass is 16.5. The topological polar surface area (TPSA) is 136 Å². The predicted octanol–water partition coefficient (Wildman–Crippen LogP) is 2.93. The minimum atomic E-state index is -0.562. The summed E-state index contributed by atoms with van der Waals surface area (Å²) in [6.45, 7) is 5.97. The van der Waals surface area contributed by atoms with E-state index in [1.54, 1.807) is 16.7 Å². The van der Waals surface area contributed by atoms with Crippen LogP contribution in [-0.2, 0) is 20.9 Å². The smallest absolute Gasteiger partial charge is 0.308 e. The number of nitrogens with one attached hydrogen (secondary N) is 1. The number of carbonyl (C=O) groups is 2. The van der Waals surface area contributed by atoms with E-state index < -0.39 is 17.5 Å². The molecule has 0 saturated carbocycles. The number of benzene rings is 1. The van der Waals surface area contributed by atoms with Gasteiger partial charge in [-0.1, -0.05) is 6.92 Å². The lowest BCUT2D eigenvalue weighted by Crippen LogP contribution is -2.13. The van der Waals surface area contributed by atoms with Crippen LogP contribution in [0, 0.1) is 11.3 Å². The minimum Gasteiger partial charge on any atom is -0.427 e. The molecule has 0 aliphatic heterocycles. The van der Waals surface area contributed by atoms with Gasteiger partial charge in [0.25, 0.3) is 5.56 Å². The van der Waals surface area contributed by atoms with E-state index in [1.807, 2.05) is 6.92 Å². The van der Waals surface area contributed by atoms with E-state index in [9.17, 15) is 19.6 Å². The maximum absolute atomic E-state index is 12.7. The second-order valence-corrected chi connectivity index (χ2v) is 7.26. The molecule has 0 saturated heterocycles. The van der Waals surface area contributed by atoms with Crippen molar-refractivity contribution in [1.82, 2.24) is 14.5 Å². The maximum atomic E-state index is 12.7. The molecule has 0 bridgehead atoms. The zero-order valence-corrected chi connectivity index (χ0v) is 18.6. The fourth-order valence-electron chi connectivity index (χ4n) is 3.54. The highest BCUT2D eigenvalue weighted by Gasteiger charge is 2.23. The molecule has 10 nitrogen and oxygen atoms in total. The highest BCUT2D eigenvalue weighted by Crippen LogP contribution is 2.36. The Morgan fingerprint density at radius 1 is 1.12 bits per heavy atom. The number of nitrogens with zero attached hydrogens (tertiary/aromatic N) is 3. The van der Waals surface area contributed by atoms with E-state index >= 15 is 0 Å². The number of ether oxygens (including phenoxy) is 3. The number of aryl methyl sites for hydroxylation is 1. The average Bonchev–Trinajstić information content (AvgIpc) is 3.07. The van der Waals surface area contributed by atoms with E-state index in [-0.39, 0.29) is 28.1 Å². The average molecular weight is 452 g/mol. The number of fused-ring (bicyclic) bond motifs is 1. The summed E-state index contributed by atoms with van der Waals surface area (Å²) in [6, 6.07) is 6.62. The molecule has 1 aromatic carbocycles. The molecule has 33 heavy (non-hydrogen) atoms. The van der Waals surface area contributed by atoms with Gasteiger partial charge < -0.3 is 23.8 Å². The molecule has 0 atom stereocenters. The van der Waals surface area contributed by atoms with Crippen molar-refractivity contribution < 1.29 is 23.8 Å². The number of hydrogen-bond acceptors (Lipinski definition) is 8. The first kappa shape index (κ1) is 23.7. The van der Waals surface area contributed by atoms with Gasteiger partial charge in [0, 0.05) is 45.2 Å². The maximum Gasteiger partial charge on any atom is 0.308 e. The number of hydrogen-bond donors (Lipinski definition) is 1. The van der Waals surface area contributed by atoms with Crippen molar-refractivity contribution in [2.45, 2.75) is 40.2 Å². The van der Waals surface area contributed by atoms with Crippen LogP contribution in [-0.4, -0.2) is 39.7 Å². The fourth-order valence-corrected chi connectivity index (χ4v) is 3.54. The van der Waals surface area contributed by atoms with Crippen LogP contribution in [0.25, 0.3) is 22.3 Å². The van der Waals surface area contributed by atoms with Gasteiger partial charge in [0.1, 0.15) is 34.2 Å². The summed E-state index contributed by atoms with van der Waals surface area (Å²) in [5.74, 6) is -0.864. The van der Waals surface area contributed by atoms with Crippen molar-refractivity contribution in [3.8, 4) is 28.8 Å². The third-order valence-corrected chi connectivity index (χ3v) is 4.65. The Balaban J connectivity index is 2.22. The van der Waals surface area contributed by atoms with E-state index in [2.05, 4.69) is 16.0 Å². The SMILES string of the molecule is CCCOCCCn1c(-c2cc(OC(C)=O)cc(OC(C)=O)c2)c(C#N)c2nc[nH]c(=O)c21. The molecule has 0 unspecified atom stereocenters. The van der Waals surface area contributed by atoms with Crippen LogP contribution < -0.4 is 15.0 Å². The Morgan fingerprint density at radius 2 is 1.79 bits per heavy atom. The van der Waals surface area contributed by atoms with Crippen LogP contribution in [0.5, 0.6) is 11.5 Å². The van der Waals surface area contributed by atoms with Gasteiger partial charge in [-0.15, -0.1) is 0 Å². The lowest BCUT2D eigenvalue weighted by atomic mass is 10.1. The molecule has 0 radical (unpaired) electrons. The molecule has 0 spiro atoms. The van der Waals surface area contributed by atoms with E-state index in [0.717, 1.165) is 6.42 Å². The lowest BCUT2D eigenvalue weighted by molar-refractivity contribution is -0.132.